The van der Waals surface area contributed by atoms with Crippen LogP contribution < -0.4 is 29.6 Å². The van der Waals surface area contributed by atoms with Crippen molar-refractivity contribution in [1.29, 1.82) is 0 Å². The summed E-state index contributed by atoms with van der Waals surface area (Å²) in [4.78, 5) is 12.4. The SMILES string of the molecule is CO[C@@H]1O[C@@H](C)[C@H](OC(=O)Cc2ccc(C(F)(F)F)cc2)[C@@H](OS(=O)(=O)O)[C@H]1OS(=O)(=O)O.[Na+]. The van der Waals surface area contributed by atoms with Crippen molar-refractivity contribution >= 4 is 26.8 Å². The summed E-state index contributed by atoms with van der Waals surface area (Å²) in [5, 5.41) is 0. The number of hydrogen-bond donors (Lipinski definition) is 2. The number of methoxy groups -OCH3 is 1. The molecule has 1 aromatic carbocycles. The molecule has 1 saturated heterocycles. The first-order valence-corrected chi connectivity index (χ1v) is 11.6. The van der Waals surface area contributed by atoms with Crippen molar-refractivity contribution in [3.8, 4) is 0 Å². The van der Waals surface area contributed by atoms with Crippen LogP contribution >= 0.6 is 0 Å². The van der Waals surface area contributed by atoms with E-state index in [0.717, 1.165) is 31.4 Å². The number of alkyl halides is 3. The van der Waals surface area contributed by atoms with Crippen molar-refractivity contribution in [2.75, 3.05) is 7.11 Å². The molecule has 2 rings (SSSR count). The molecular weight excluding hydrogens is 528 g/mol. The molecule has 188 valence electrons. The number of benzene rings is 1. The van der Waals surface area contributed by atoms with Gasteiger partial charge in [0, 0.05) is 7.11 Å². The first-order valence-electron chi connectivity index (χ1n) is 8.85. The van der Waals surface area contributed by atoms with E-state index in [1.165, 1.54) is 6.92 Å². The molecule has 0 radical (unpaired) electrons. The van der Waals surface area contributed by atoms with Gasteiger partial charge < -0.3 is 14.2 Å². The van der Waals surface area contributed by atoms with Gasteiger partial charge in [0.1, 0.15) is 0 Å². The second kappa shape index (κ2) is 11.9. The molecule has 18 heteroatoms. The molecule has 0 unspecified atom stereocenters. The monoisotopic (exact) mass is 547 g/mol. The fourth-order valence-electron chi connectivity index (χ4n) is 2.99. The van der Waals surface area contributed by atoms with Crippen molar-refractivity contribution in [2.24, 2.45) is 0 Å². The van der Waals surface area contributed by atoms with Gasteiger partial charge in [-0.05, 0) is 24.6 Å². The van der Waals surface area contributed by atoms with Gasteiger partial charge in [0.15, 0.2) is 24.6 Å². The molecule has 1 heterocycles. The van der Waals surface area contributed by atoms with Crippen LogP contribution in [0.15, 0.2) is 24.3 Å². The van der Waals surface area contributed by atoms with Crippen LogP contribution in [0, 0.1) is 0 Å². The molecule has 0 bridgehead atoms. The number of halogens is 3. The normalized spacial score (nSPS) is 25.9. The van der Waals surface area contributed by atoms with Crippen molar-refractivity contribution in [2.45, 2.75) is 50.2 Å². The molecule has 0 spiro atoms. The Hall–Kier alpha value is -0.860. The van der Waals surface area contributed by atoms with Crippen LogP contribution in [-0.2, 0) is 60.8 Å². The summed E-state index contributed by atoms with van der Waals surface area (Å²) in [6.45, 7) is 1.26. The minimum absolute atomic E-state index is 0. The van der Waals surface area contributed by atoms with Gasteiger partial charge >= 0.3 is 62.5 Å². The van der Waals surface area contributed by atoms with Crippen LogP contribution in [0.2, 0.25) is 0 Å². The van der Waals surface area contributed by atoms with Crippen LogP contribution in [0.4, 0.5) is 13.2 Å². The molecule has 0 amide bonds. The summed E-state index contributed by atoms with van der Waals surface area (Å²) in [6.07, 6.45) is -13.9. The van der Waals surface area contributed by atoms with E-state index in [-0.39, 0.29) is 35.1 Å². The first kappa shape index (κ1) is 31.2. The zero-order valence-corrected chi connectivity index (χ0v) is 21.5. The van der Waals surface area contributed by atoms with Gasteiger partial charge in [-0.1, -0.05) is 12.1 Å². The second-order valence-corrected chi connectivity index (χ2v) is 8.84. The van der Waals surface area contributed by atoms with Crippen LogP contribution in [0.3, 0.4) is 0 Å². The topological polar surface area (TPSA) is 172 Å². The van der Waals surface area contributed by atoms with Gasteiger partial charge in [-0.3, -0.25) is 13.9 Å². The summed E-state index contributed by atoms with van der Waals surface area (Å²) in [5.41, 5.74) is -0.850. The fraction of sp³-hybridized carbons (Fsp3) is 0.562. The quantitative estimate of drug-likeness (QED) is 0.207. The molecule has 0 saturated carbocycles. The summed E-state index contributed by atoms with van der Waals surface area (Å²) in [6, 6.07) is 3.50. The minimum Gasteiger partial charge on any atom is -0.456 e. The number of carbonyl (C=O) groups is 1. The van der Waals surface area contributed by atoms with Gasteiger partial charge in [-0.25, -0.2) is 8.37 Å². The maximum Gasteiger partial charge on any atom is 1.00 e. The number of carbonyl (C=O) groups excluding carboxylic acids is 1. The molecule has 12 nitrogen and oxygen atoms in total. The van der Waals surface area contributed by atoms with E-state index in [4.69, 9.17) is 23.3 Å². The molecule has 1 aliphatic rings. The molecule has 5 atom stereocenters. The van der Waals surface area contributed by atoms with E-state index in [1.807, 2.05) is 0 Å². The Kier molecular flexibility index (Phi) is 10.9. The number of esters is 1. The second-order valence-electron chi connectivity index (χ2n) is 6.75. The third kappa shape index (κ3) is 9.30. The molecule has 1 aromatic rings. The zero-order chi connectivity index (χ0) is 25.2. The average molecular weight is 547 g/mol. The predicted octanol–water partition coefficient (Wildman–Crippen LogP) is -2.07. The van der Waals surface area contributed by atoms with Crippen LogP contribution in [-0.4, -0.2) is 69.7 Å². The van der Waals surface area contributed by atoms with Crippen LogP contribution in [0.1, 0.15) is 18.1 Å². The Labute approximate surface area is 214 Å². The molecule has 0 aliphatic carbocycles. The standard InChI is InChI=1S/C16H19F3O12S2.Na/c1-8-12(29-11(20)7-9-3-5-10(6-4-9)16(17,18)19)13(30-32(21,22)23)14(15(27-2)28-8)31-33(24,25)26;/h3-6,8,12-15H,7H2,1-2H3,(H,21,22,23)(H,24,25,26);/q;+1/t8-,12-,13+,14+,15+;/m0./s1. The van der Waals surface area contributed by atoms with Gasteiger partial charge in [-0.15, -0.1) is 0 Å². The number of hydrogen-bond acceptors (Lipinski definition) is 10. The molecule has 34 heavy (non-hydrogen) atoms. The maximum absolute atomic E-state index is 12.7. The first-order chi connectivity index (χ1) is 15.0. The molecule has 1 fully saturated rings. The molecule has 2 N–H and O–H groups in total. The van der Waals surface area contributed by atoms with Gasteiger partial charge in [0.25, 0.3) is 0 Å². The third-order valence-corrected chi connectivity index (χ3v) is 5.25. The van der Waals surface area contributed by atoms with Gasteiger partial charge in [-0.2, -0.15) is 30.0 Å². The largest absolute Gasteiger partial charge is 1.00 e. The predicted molar refractivity (Wildman–Crippen MR) is 99.2 cm³/mol. The number of ether oxygens (including phenoxy) is 3. The number of rotatable bonds is 8. The summed E-state index contributed by atoms with van der Waals surface area (Å²) in [5.74, 6) is -1.10. The third-order valence-electron chi connectivity index (χ3n) is 4.32. The molecule has 1 aliphatic heterocycles. The average Bonchev–Trinajstić information content (AvgIpc) is 2.64. The Bertz CT molecular complexity index is 1050. The summed E-state index contributed by atoms with van der Waals surface area (Å²) < 4.78 is 125. The van der Waals surface area contributed by atoms with Crippen molar-refractivity contribution in [3.63, 3.8) is 0 Å². The van der Waals surface area contributed by atoms with Crippen molar-refractivity contribution in [1.82, 2.24) is 0 Å². The molecule has 0 aromatic heterocycles. The summed E-state index contributed by atoms with van der Waals surface area (Å²) in [7, 11) is -9.50. The zero-order valence-electron chi connectivity index (χ0n) is 17.8. The van der Waals surface area contributed by atoms with Crippen LogP contribution in [0.5, 0.6) is 0 Å². The van der Waals surface area contributed by atoms with E-state index in [1.54, 1.807) is 0 Å². The van der Waals surface area contributed by atoms with Crippen molar-refractivity contribution < 1.29 is 96.0 Å². The van der Waals surface area contributed by atoms with E-state index in [9.17, 15) is 34.8 Å². The fourth-order valence-corrected chi connectivity index (χ4v) is 3.97. The van der Waals surface area contributed by atoms with E-state index < -0.39 is 75.6 Å². The smallest absolute Gasteiger partial charge is 0.456 e. The van der Waals surface area contributed by atoms with E-state index in [0.29, 0.717) is 0 Å². The van der Waals surface area contributed by atoms with Crippen LogP contribution in [0.25, 0.3) is 0 Å². The van der Waals surface area contributed by atoms with Crippen molar-refractivity contribution in [3.05, 3.63) is 35.4 Å². The maximum atomic E-state index is 12.7. The Morgan fingerprint density at radius 3 is 1.94 bits per heavy atom. The van der Waals surface area contributed by atoms with E-state index in [2.05, 4.69) is 8.37 Å². The van der Waals surface area contributed by atoms with E-state index >= 15 is 0 Å². The van der Waals surface area contributed by atoms with Gasteiger partial charge in [0.05, 0.1) is 18.1 Å². The summed E-state index contributed by atoms with van der Waals surface area (Å²) >= 11 is 0. The Morgan fingerprint density at radius 1 is 1.00 bits per heavy atom. The minimum atomic E-state index is -5.28. The van der Waals surface area contributed by atoms with Gasteiger partial charge in [0.2, 0.25) is 0 Å². The Morgan fingerprint density at radius 2 is 1.50 bits per heavy atom. The molecular formula is C16H19F3NaO12S2+. The Balaban J connectivity index is 0.00000578.